The molecule has 0 heterocycles. The van der Waals surface area contributed by atoms with Gasteiger partial charge in [0.05, 0.1) is 6.07 Å². The van der Waals surface area contributed by atoms with Gasteiger partial charge in [0, 0.05) is 12.6 Å². The molecule has 0 radical (unpaired) electrons. The average molecular weight is 192 g/mol. The maximum absolute atomic E-state index is 11.9. The first-order valence-electron chi connectivity index (χ1n) is 4.90. The Morgan fingerprint density at radius 3 is 2.57 bits per heavy atom. The van der Waals surface area contributed by atoms with E-state index >= 15 is 0 Å². The van der Waals surface area contributed by atoms with Crippen LogP contribution in [0.4, 0.5) is 0 Å². The monoisotopic (exact) mass is 192 g/mol. The smallest absolute Gasteiger partial charge is 0.243 e. The lowest BCUT2D eigenvalue weighted by Gasteiger charge is -2.27. The molecule has 0 aromatic rings. The topological polar surface area (TPSA) is 44.1 Å². The van der Waals surface area contributed by atoms with Gasteiger partial charge in [-0.1, -0.05) is 6.08 Å². The van der Waals surface area contributed by atoms with Crippen molar-refractivity contribution in [1.29, 1.82) is 5.26 Å². The number of carbonyl (C=O) groups excluding carboxylic acids is 1. The number of rotatable bonds is 4. The van der Waals surface area contributed by atoms with Gasteiger partial charge in [-0.25, -0.2) is 0 Å². The Hall–Kier alpha value is -1.30. The van der Waals surface area contributed by atoms with Crippen LogP contribution in [0.1, 0.15) is 26.7 Å². The molecule has 3 heteroatoms. The summed E-state index contributed by atoms with van der Waals surface area (Å²) in [6.45, 7) is 8.05. The van der Waals surface area contributed by atoms with Crippen molar-refractivity contribution >= 4 is 5.91 Å². The number of nitriles is 1. The lowest BCUT2D eigenvalue weighted by molar-refractivity contribution is -0.136. The van der Waals surface area contributed by atoms with Crippen molar-refractivity contribution in [2.45, 2.75) is 32.7 Å². The zero-order valence-electron chi connectivity index (χ0n) is 8.79. The molecule has 0 aromatic heterocycles. The second kappa shape index (κ2) is 3.83. The summed E-state index contributed by atoms with van der Waals surface area (Å²) in [6, 6.07) is 2.25. The number of hydrogen-bond acceptors (Lipinski definition) is 2. The van der Waals surface area contributed by atoms with Gasteiger partial charge in [0.15, 0.2) is 0 Å². The van der Waals surface area contributed by atoms with Gasteiger partial charge in [-0.3, -0.25) is 4.79 Å². The van der Waals surface area contributed by atoms with Crippen LogP contribution < -0.4 is 0 Å². The molecule has 0 atom stereocenters. The first kappa shape index (κ1) is 10.8. The van der Waals surface area contributed by atoms with Crippen molar-refractivity contribution in [3.05, 3.63) is 12.7 Å². The third kappa shape index (κ3) is 1.79. The minimum absolute atomic E-state index is 0.0325. The van der Waals surface area contributed by atoms with Gasteiger partial charge in [0.2, 0.25) is 5.91 Å². The summed E-state index contributed by atoms with van der Waals surface area (Å²) in [4.78, 5) is 13.7. The normalized spacial score (nSPS) is 17.3. The Morgan fingerprint density at radius 1 is 1.71 bits per heavy atom. The number of carbonyl (C=O) groups is 1. The van der Waals surface area contributed by atoms with Crippen molar-refractivity contribution in [3.63, 3.8) is 0 Å². The summed E-state index contributed by atoms with van der Waals surface area (Å²) in [5.74, 6) is -0.0325. The van der Waals surface area contributed by atoms with E-state index < -0.39 is 5.41 Å². The molecule has 0 bridgehead atoms. The molecule has 76 valence electrons. The molecule has 1 aliphatic rings. The van der Waals surface area contributed by atoms with Gasteiger partial charge in [0.1, 0.15) is 5.41 Å². The Bertz CT molecular complexity index is 284. The Kier molecular flexibility index (Phi) is 2.95. The third-order valence-corrected chi connectivity index (χ3v) is 2.58. The maximum atomic E-state index is 11.9. The van der Waals surface area contributed by atoms with Gasteiger partial charge < -0.3 is 4.90 Å². The summed E-state index contributed by atoms with van der Waals surface area (Å²) in [5.41, 5.74) is -0.701. The predicted octanol–water partition coefficient (Wildman–Crippen LogP) is 1.71. The summed E-state index contributed by atoms with van der Waals surface area (Å²) in [7, 11) is 0. The van der Waals surface area contributed by atoms with Crippen LogP contribution in [0.5, 0.6) is 0 Å². The van der Waals surface area contributed by atoms with Crippen LogP contribution in [0.25, 0.3) is 0 Å². The summed E-state index contributed by atoms with van der Waals surface area (Å²) >= 11 is 0. The van der Waals surface area contributed by atoms with Crippen LogP contribution in [0.15, 0.2) is 12.7 Å². The van der Waals surface area contributed by atoms with Crippen LogP contribution >= 0.6 is 0 Å². The SMILES string of the molecule is C=CCN(C(=O)C1(C#N)CC1)C(C)C. The second-order valence-corrected chi connectivity index (χ2v) is 4.03. The first-order valence-corrected chi connectivity index (χ1v) is 4.90. The molecule has 1 amide bonds. The van der Waals surface area contributed by atoms with Crippen molar-refractivity contribution in [2.75, 3.05) is 6.54 Å². The Morgan fingerprint density at radius 2 is 2.29 bits per heavy atom. The van der Waals surface area contributed by atoms with Crippen molar-refractivity contribution in [3.8, 4) is 6.07 Å². The molecule has 0 saturated heterocycles. The lowest BCUT2D eigenvalue weighted by Crippen LogP contribution is -2.41. The van der Waals surface area contributed by atoms with Crippen molar-refractivity contribution in [1.82, 2.24) is 4.90 Å². The van der Waals surface area contributed by atoms with Crippen LogP contribution in [0.2, 0.25) is 0 Å². The molecule has 0 unspecified atom stereocenters. The third-order valence-electron chi connectivity index (χ3n) is 2.58. The van der Waals surface area contributed by atoms with E-state index in [9.17, 15) is 4.79 Å². The summed E-state index contributed by atoms with van der Waals surface area (Å²) in [6.07, 6.45) is 3.12. The molecular formula is C11H16N2O. The lowest BCUT2D eigenvalue weighted by atomic mass is 10.1. The fraction of sp³-hybridized carbons (Fsp3) is 0.636. The largest absolute Gasteiger partial charge is 0.335 e. The fourth-order valence-electron chi connectivity index (χ4n) is 1.44. The van der Waals surface area contributed by atoms with Crippen LogP contribution in [-0.4, -0.2) is 23.4 Å². The van der Waals surface area contributed by atoms with Gasteiger partial charge in [-0.15, -0.1) is 6.58 Å². The summed E-state index contributed by atoms with van der Waals surface area (Å²) in [5, 5.41) is 8.90. The number of amides is 1. The minimum atomic E-state index is -0.701. The highest BCUT2D eigenvalue weighted by molar-refractivity contribution is 5.88. The molecule has 1 aliphatic carbocycles. The molecule has 1 rings (SSSR count). The minimum Gasteiger partial charge on any atom is -0.335 e. The zero-order valence-corrected chi connectivity index (χ0v) is 8.79. The molecule has 0 spiro atoms. The molecule has 0 N–H and O–H groups in total. The Balaban J connectivity index is 2.75. The van der Waals surface area contributed by atoms with E-state index in [1.165, 1.54) is 0 Å². The van der Waals surface area contributed by atoms with Crippen LogP contribution in [-0.2, 0) is 4.79 Å². The molecule has 0 aliphatic heterocycles. The van der Waals surface area contributed by atoms with E-state index in [-0.39, 0.29) is 11.9 Å². The molecule has 0 aromatic carbocycles. The van der Waals surface area contributed by atoms with E-state index in [1.807, 2.05) is 13.8 Å². The van der Waals surface area contributed by atoms with E-state index in [4.69, 9.17) is 5.26 Å². The first-order chi connectivity index (χ1) is 6.57. The highest BCUT2D eigenvalue weighted by Crippen LogP contribution is 2.46. The van der Waals surface area contributed by atoms with Crippen LogP contribution in [0.3, 0.4) is 0 Å². The van der Waals surface area contributed by atoms with Gasteiger partial charge >= 0.3 is 0 Å². The van der Waals surface area contributed by atoms with Crippen LogP contribution in [0, 0.1) is 16.7 Å². The van der Waals surface area contributed by atoms with E-state index in [2.05, 4.69) is 12.6 Å². The average Bonchev–Trinajstić information content (AvgIpc) is 2.93. The Labute approximate surface area is 85.0 Å². The van der Waals surface area contributed by atoms with Gasteiger partial charge in [-0.2, -0.15) is 5.26 Å². The maximum Gasteiger partial charge on any atom is 0.243 e. The fourth-order valence-corrected chi connectivity index (χ4v) is 1.44. The number of hydrogen-bond donors (Lipinski definition) is 0. The highest BCUT2D eigenvalue weighted by atomic mass is 16.2. The van der Waals surface area contributed by atoms with Gasteiger partial charge in [0.25, 0.3) is 0 Å². The molecule has 3 nitrogen and oxygen atoms in total. The van der Waals surface area contributed by atoms with E-state index in [0.29, 0.717) is 19.4 Å². The molecule has 1 fully saturated rings. The number of nitrogens with zero attached hydrogens (tertiary/aromatic N) is 2. The molecule has 14 heavy (non-hydrogen) atoms. The van der Waals surface area contributed by atoms with E-state index in [0.717, 1.165) is 0 Å². The zero-order chi connectivity index (χ0) is 10.8. The second-order valence-electron chi connectivity index (χ2n) is 4.03. The standard InChI is InChI=1S/C11H16N2O/c1-4-7-13(9(2)3)10(14)11(8-12)5-6-11/h4,9H,1,5-7H2,2-3H3. The highest BCUT2D eigenvalue weighted by Gasteiger charge is 2.52. The molecule has 1 saturated carbocycles. The van der Waals surface area contributed by atoms with Crippen molar-refractivity contribution < 1.29 is 4.79 Å². The quantitative estimate of drug-likeness (QED) is 0.636. The van der Waals surface area contributed by atoms with E-state index in [1.54, 1.807) is 11.0 Å². The van der Waals surface area contributed by atoms with Crippen molar-refractivity contribution in [2.24, 2.45) is 5.41 Å². The molecular weight excluding hydrogens is 176 g/mol. The van der Waals surface area contributed by atoms with Gasteiger partial charge in [-0.05, 0) is 26.7 Å². The summed E-state index contributed by atoms with van der Waals surface area (Å²) < 4.78 is 0. The predicted molar refractivity (Wildman–Crippen MR) is 54.3 cm³/mol.